The van der Waals surface area contributed by atoms with Gasteiger partial charge in [-0.2, -0.15) is 0 Å². The molecule has 4 nitrogen and oxygen atoms in total. The Bertz CT molecular complexity index is 230. The second kappa shape index (κ2) is 4.94. The molecule has 1 aliphatic heterocycles. The predicted molar refractivity (Wildman–Crippen MR) is 61.5 cm³/mol. The maximum atomic E-state index is 11.3. The van der Waals surface area contributed by atoms with Crippen LogP contribution in [-0.2, 0) is 4.79 Å². The van der Waals surface area contributed by atoms with Crippen LogP contribution in [0.15, 0.2) is 0 Å². The topological polar surface area (TPSA) is 49.6 Å². The minimum Gasteiger partial charge on any atom is -0.368 e. The number of primary amides is 1. The Morgan fingerprint density at radius 2 is 2.13 bits per heavy atom. The van der Waals surface area contributed by atoms with Crippen LogP contribution in [-0.4, -0.2) is 55.0 Å². The number of likely N-dealkylation sites (N-methyl/N-ethyl adjacent to an activating group) is 1. The van der Waals surface area contributed by atoms with Gasteiger partial charge in [0, 0.05) is 19.1 Å². The summed E-state index contributed by atoms with van der Waals surface area (Å²) in [4.78, 5) is 15.7. The van der Waals surface area contributed by atoms with Crippen LogP contribution in [0.25, 0.3) is 0 Å². The number of hydrogen-bond acceptors (Lipinski definition) is 3. The molecule has 88 valence electrons. The van der Waals surface area contributed by atoms with E-state index in [1.807, 2.05) is 6.92 Å². The van der Waals surface area contributed by atoms with Gasteiger partial charge < -0.3 is 10.6 Å². The number of nitrogens with zero attached hydrogens (tertiary/aromatic N) is 2. The monoisotopic (exact) mass is 213 g/mol. The first kappa shape index (κ1) is 12.5. The molecule has 3 atom stereocenters. The summed E-state index contributed by atoms with van der Waals surface area (Å²) in [6.45, 7) is 6.18. The van der Waals surface area contributed by atoms with Gasteiger partial charge in [-0.05, 0) is 26.4 Å². The lowest BCUT2D eigenvalue weighted by atomic mass is 10.1. The summed E-state index contributed by atoms with van der Waals surface area (Å²) >= 11 is 0. The lowest BCUT2D eigenvalue weighted by Gasteiger charge is -2.25. The Morgan fingerprint density at radius 3 is 2.47 bits per heavy atom. The van der Waals surface area contributed by atoms with Gasteiger partial charge in [0.2, 0.25) is 5.91 Å². The Hall–Kier alpha value is -0.610. The van der Waals surface area contributed by atoms with E-state index in [4.69, 9.17) is 5.73 Å². The average Bonchev–Trinajstić information content (AvgIpc) is 2.48. The van der Waals surface area contributed by atoms with E-state index in [2.05, 4.69) is 30.8 Å². The van der Waals surface area contributed by atoms with Gasteiger partial charge in [-0.15, -0.1) is 0 Å². The maximum Gasteiger partial charge on any atom is 0.234 e. The summed E-state index contributed by atoms with van der Waals surface area (Å²) in [7, 11) is 4.19. The van der Waals surface area contributed by atoms with Crippen molar-refractivity contribution in [2.75, 3.05) is 27.2 Å². The molecule has 0 bridgehead atoms. The van der Waals surface area contributed by atoms with E-state index in [9.17, 15) is 4.79 Å². The number of rotatable bonds is 4. The Labute approximate surface area is 92.4 Å². The van der Waals surface area contributed by atoms with Crippen molar-refractivity contribution < 1.29 is 4.79 Å². The van der Waals surface area contributed by atoms with Crippen molar-refractivity contribution >= 4 is 5.91 Å². The van der Waals surface area contributed by atoms with E-state index in [0.29, 0.717) is 12.0 Å². The number of hydrogen-bond donors (Lipinski definition) is 1. The molecule has 4 heteroatoms. The van der Waals surface area contributed by atoms with Crippen molar-refractivity contribution in [3.05, 3.63) is 0 Å². The Morgan fingerprint density at radius 1 is 1.53 bits per heavy atom. The highest BCUT2D eigenvalue weighted by Crippen LogP contribution is 2.22. The fraction of sp³-hybridized carbons (Fsp3) is 0.909. The SMILES string of the molecule is CCC(C(N)=O)N1CC(C)C(N(C)C)C1. The van der Waals surface area contributed by atoms with Gasteiger partial charge in [-0.25, -0.2) is 0 Å². The first-order chi connectivity index (χ1) is 6.97. The zero-order chi connectivity index (χ0) is 11.6. The fourth-order valence-electron chi connectivity index (χ4n) is 2.55. The highest BCUT2D eigenvalue weighted by atomic mass is 16.1. The highest BCUT2D eigenvalue weighted by molar-refractivity contribution is 5.79. The molecular weight excluding hydrogens is 190 g/mol. The van der Waals surface area contributed by atoms with Crippen LogP contribution in [0.2, 0.25) is 0 Å². The predicted octanol–water partition coefficient (Wildman–Crippen LogP) is 0.132. The summed E-state index contributed by atoms with van der Waals surface area (Å²) in [5, 5.41) is 0. The zero-order valence-electron chi connectivity index (χ0n) is 10.2. The third kappa shape index (κ3) is 2.69. The van der Waals surface area contributed by atoms with Crippen LogP contribution in [0.5, 0.6) is 0 Å². The number of nitrogens with two attached hydrogens (primary N) is 1. The summed E-state index contributed by atoms with van der Waals surface area (Å²) in [5.74, 6) is 0.414. The molecule has 3 unspecified atom stereocenters. The van der Waals surface area contributed by atoms with Gasteiger partial charge in [0.05, 0.1) is 6.04 Å². The van der Waals surface area contributed by atoms with Crippen LogP contribution in [0.1, 0.15) is 20.3 Å². The van der Waals surface area contributed by atoms with Crippen molar-refractivity contribution in [2.24, 2.45) is 11.7 Å². The molecule has 1 rings (SSSR count). The van der Waals surface area contributed by atoms with Crippen molar-refractivity contribution in [3.63, 3.8) is 0 Å². The molecule has 0 aromatic rings. The van der Waals surface area contributed by atoms with Crippen LogP contribution in [0, 0.1) is 5.92 Å². The van der Waals surface area contributed by atoms with Crippen LogP contribution in [0.4, 0.5) is 0 Å². The molecule has 0 aromatic heterocycles. The molecule has 2 N–H and O–H groups in total. The quantitative estimate of drug-likeness (QED) is 0.722. The van der Waals surface area contributed by atoms with E-state index >= 15 is 0 Å². The zero-order valence-corrected chi connectivity index (χ0v) is 10.2. The summed E-state index contributed by atoms with van der Waals surface area (Å²) in [6.07, 6.45) is 0.808. The molecule has 1 aliphatic rings. The molecule has 1 fully saturated rings. The smallest absolute Gasteiger partial charge is 0.234 e. The van der Waals surface area contributed by atoms with Gasteiger partial charge in [0.1, 0.15) is 0 Å². The van der Waals surface area contributed by atoms with Crippen LogP contribution >= 0.6 is 0 Å². The van der Waals surface area contributed by atoms with E-state index < -0.39 is 0 Å². The van der Waals surface area contributed by atoms with Crippen molar-refractivity contribution in [1.82, 2.24) is 9.80 Å². The van der Waals surface area contributed by atoms with Gasteiger partial charge in [0.15, 0.2) is 0 Å². The molecule has 0 saturated carbocycles. The van der Waals surface area contributed by atoms with Crippen LogP contribution < -0.4 is 5.73 Å². The third-order valence-corrected chi connectivity index (χ3v) is 3.42. The maximum absolute atomic E-state index is 11.3. The second-order valence-electron chi connectivity index (χ2n) is 4.79. The fourth-order valence-corrected chi connectivity index (χ4v) is 2.55. The third-order valence-electron chi connectivity index (χ3n) is 3.42. The minimum absolute atomic E-state index is 0.0857. The summed E-state index contributed by atoms with van der Waals surface area (Å²) in [5.41, 5.74) is 5.40. The highest BCUT2D eigenvalue weighted by Gasteiger charge is 2.35. The number of likely N-dealkylation sites (tertiary alicyclic amines) is 1. The Balaban J connectivity index is 2.64. The molecule has 0 radical (unpaired) electrons. The van der Waals surface area contributed by atoms with Crippen molar-refractivity contribution in [3.8, 4) is 0 Å². The molecular formula is C11H23N3O. The summed E-state index contributed by atoms with van der Waals surface area (Å²) in [6, 6.07) is 0.454. The molecule has 0 aromatic carbocycles. The van der Waals surface area contributed by atoms with Crippen molar-refractivity contribution in [2.45, 2.75) is 32.4 Å². The van der Waals surface area contributed by atoms with E-state index in [-0.39, 0.29) is 11.9 Å². The van der Waals surface area contributed by atoms with Crippen molar-refractivity contribution in [1.29, 1.82) is 0 Å². The molecule has 15 heavy (non-hydrogen) atoms. The summed E-state index contributed by atoms with van der Waals surface area (Å²) < 4.78 is 0. The molecule has 0 aliphatic carbocycles. The normalized spacial score (nSPS) is 29.7. The lowest BCUT2D eigenvalue weighted by molar-refractivity contribution is -0.123. The first-order valence-corrected chi connectivity index (χ1v) is 5.67. The van der Waals surface area contributed by atoms with E-state index in [1.54, 1.807) is 0 Å². The Kier molecular flexibility index (Phi) is 4.11. The average molecular weight is 213 g/mol. The van der Waals surface area contributed by atoms with E-state index in [1.165, 1.54) is 0 Å². The van der Waals surface area contributed by atoms with E-state index in [0.717, 1.165) is 19.5 Å². The van der Waals surface area contributed by atoms with Gasteiger partial charge in [-0.1, -0.05) is 13.8 Å². The molecule has 1 saturated heterocycles. The number of amides is 1. The number of carbonyl (C=O) groups excluding carboxylic acids is 1. The minimum atomic E-state index is -0.191. The lowest BCUT2D eigenvalue weighted by Crippen LogP contribution is -2.44. The molecule has 0 spiro atoms. The largest absolute Gasteiger partial charge is 0.368 e. The van der Waals surface area contributed by atoms with Gasteiger partial charge >= 0.3 is 0 Å². The van der Waals surface area contributed by atoms with Gasteiger partial charge in [-0.3, -0.25) is 9.69 Å². The molecule has 1 amide bonds. The van der Waals surface area contributed by atoms with Gasteiger partial charge in [0.25, 0.3) is 0 Å². The van der Waals surface area contributed by atoms with Crippen LogP contribution in [0.3, 0.4) is 0 Å². The molecule has 1 heterocycles. The second-order valence-corrected chi connectivity index (χ2v) is 4.79. The first-order valence-electron chi connectivity index (χ1n) is 5.67. The standard InChI is InChI=1S/C11H23N3O/c1-5-9(11(12)15)14-6-8(2)10(7-14)13(3)4/h8-10H,5-7H2,1-4H3,(H2,12,15). The number of carbonyl (C=O) groups is 1.